The molecule has 1 saturated carbocycles. The van der Waals surface area contributed by atoms with E-state index in [4.69, 9.17) is 5.11 Å². The summed E-state index contributed by atoms with van der Waals surface area (Å²) in [5.41, 5.74) is -2.00. The average Bonchev–Trinajstić information content (AvgIpc) is 2.78. The molecule has 0 bridgehead atoms. The van der Waals surface area contributed by atoms with Gasteiger partial charge in [0.05, 0.1) is 7.11 Å². The van der Waals surface area contributed by atoms with Crippen LogP contribution in [0.15, 0.2) is 0 Å². The van der Waals surface area contributed by atoms with Gasteiger partial charge in [0.1, 0.15) is 0 Å². The summed E-state index contributed by atoms with van der Waals surface area (Å²) in [5, 5.41) is 8.59. The predicted octanol–water partition coefficient (Wildman–Crippen LogP) is 0.515. The van der Waals surface area contributed by atoms with Crippen LogP contribution in [0.25, 0.3) is 0 Å². The van der Waals surface area contributed by atoms with Crippen molar-refractivity contribution in [3.63, 3.8) is 0 Å². The lowest BCUT2D eigenvalue weighted by Crippen LogP contribution is -2.30. The topological polar surface area (TPSA) is 63.6 Å². The van der Waals surface area contributed by atoms with E-state index in [-0.39, 0.29) is 6.42 Å². The molecule has 0 amide bonds. The second kappa shape index (κ2) is 2.93. The van der Waals surface area contributed by atoms with Crippen molar-refractivity contribution in [1.82, 2.24) is 0 Å². The van der Waals surface area contributed by atoms with Gasteiger partial charge in [0, 0.05) is 5.92 Å². The lowest BCUT2D eigenvalue weighted by Gasteiger charge is -2.08. The molecule has 0 saturated heterocycles. The highest BCUT2D eigenvalue weighted by Gasteiger charge is 2.70. The Morgan fingerprint density at radius 2 is 2.15 bits per heavy atom. The third-order valence-electron chi connectivity index (χ3n) is 2.25. The highest BCUT2D eigenvalue weighted by Crippen LogP contribution is 2.56. The van der Waals surface area contributed by atoms with Crippen molar-refractivity contribution in [2.24, 2.45) is 11.3 Å². The van der Waals surface area contributed by atoms with E-state index in [0.29, 0.717) is 0 Å². The fourth-order valence-corrected chi connectivity index (χ4v) is 1.34. The maximum absolute atomic E-state index is 12.1. The normalized spacial score (nSPS) is 31.5. The number of hydrogen-bond donors (Lipinski definition) is 1. The molecule has 0 spiro atoms. The van der Waals surface area contributed by atoms with E-state index in [1.807, 2.05) is 0 Å². The molecule has 0 aliphatic heterocycles. The number of esters is 1. The van der Waals surface area contributed by atoms with Gasteiger partial charge in [-0.3, -0.25) is 9.59 Å². The van der Waals surface area contributed by atoms with Crippen LogP contribution in [0.3, 0.4) is 0 Å². The molecule has 1 rings (SSSR count). The van der Waals surface area contributed by atoms with Crippen molar-refractivity contribution in [3.8, 4) is 0 Å². The van der Waals surface area contributed by atoms with E-state index in [1.54, 1.807) is 0 Å². The Bertz CT molecular complexity index is 253. The Hall–Kier alpha value is -1.20. The second-order valence-corrected chi connectivity index (χ2v) is 2.91. The molecular formula is C7H8F2O4. The SMILES string of the molecule is COC(=O)[C@@]1(C(=O)O)C[C@H]1C(F)F. The summed E-state index contributed by atoms with van der Waals surface area (Å²) in [5.74, 6) is -4.03. The van der Waals surface area contributed by atoms with Gasteiger partial charge in [0.2, 0.25) is 6.43 Å². The smallest absolute Gasteiger partial charge is 0.323 e. The number of carboxylic acids is 1. The number of hydrogen-bond acceptors (Lipinski definition) is 3. The van der Waals surface area contributed by atoms with Crippen LogP contribution in [0.5, 0.6) is 0 Å². The molecule has 4 nitrogen and oxygen atoms in total. The van der Waals surface area contributed by atoms with Crippen molar-refractivity contribution in [1.29, 1.82) is 0 Å². The number of alkyl halides is 2. The molecule has 0 radical (unpaired) electrons. The van der Waals surface area contributed by atoms with Crippen LogP contribution in [-0.2, 0) is 14.3 Å². The molecular weight excluding hydrogens is 186 g/mol. The minimum absolute atomic E-state index is 0.341. The summed E-state index contributed by atoms with van der Waals surface area (Å²) in [7, 11) is 0.980. The van der Waals surface area contributed by atoms with Crippen LogP contribution in [0.2, 0.25) is 0 Å². The molecule has 13 heavy (non-hydrogen) atoms. The van der Waals surface area contributed by atoms with Gasteiger partial charge in [-0.1, -0.05) is 0 Å². The first kappa shape index (κ1) is 9.88. The number of ether oxygens (including phenoxy) is 1. The molecule has 74 valence electrons. The van der Waals surface area contributed by atoms with Crippen LogP contribution in [0.1, 0.15) is 6.42 Å². The Morgan fingerprint density at radius 3 is 2.38 bits per heavy atom. The number of carbonyl (C=O) groups excluding carboxylic acids is 1. The zero-order valence-electron chi connectivity index (χ0n) is 6.79. The van der Waals surface area contributed by atoms with E-state index < -0.39 is 29.7 Å². The predicted molar refractivity (Wildman–Crippen MR) is 36.2 cm³/mol. The largest absolute Gasteiger partial charge is 0.480 e. The maximum atomic E-state index is 12.1. The van der Waals surface area contributed by atoms with Crippen molar-refractivity contribution in [2.75, 3.05) is 7.11 Å². The minimum Gasteiger partial charge on any atom is -0.480 e. The monoisotopic (exact) mass is 194 g/mol. The Kier molecular flexibility index (Phi) is 2.23. The molecule has 1 aliphatic rings. The van der Waals surface area contributed by atoms with Crippen LogP contribution in [0, 0.1) is 11.3 Å². The molecule has 0 unspecified atom stereocenters. The van der Waals surface area contributed by atoms with Crippen molar-refractivity contribution in [3.05, 3.63) is 0 Å². The standard InChI is InChI=1S/C7H8F2O4/c1-13-6(12)7(5(10)11)2-3(7)4(8)9/h3-4H,2H2,1H3,(H,10,11)/t3-,7-/m0/s1. The summed E-state index contributed by atoms with van der Waals surface area (Å²) in [6, 6.07) is 0. The third-order valence-corrected chi connectivity index (χ3v) is 2.25. The highest BCUT2D eigenvalue weighted by atomic mass is 19.3. The number of carbonyl (C=O) groups is 2. The van der Waals surface area contributed by atoms with E-state index in [9.17, 15) is 18.4 Å². The first-order chi connectivity index (χ1) is 5.96. The lowest BCUT2D eigenvalue weighted by molar-refractivity contribution is -0.161. The second-order valence-electron chi connectivity index (χ2n) is 2.91. The van der Waals surface area contributed by atoms with Gasteiger partial charge in [-0.05, 0) is 6.42 Å². The Labute approximate surface area is 72.5 Å². The maximum Gasteiger partial charge on any atom is 0.323 e. The number of rotatable bonds is 3. The molecule has 1 fully saturated rings. The van der Waals surface area contributed by atoms with Crippen molar-refractivity contribution < 1.29 is 28.2 Å². The fourth-order valence-electron chi connectivity index (χ4n) is 1.34. The molecule has 6 heteroatoms. The van der Waals surface area contributed by atoms with E-state index in [1.165, 1.54) is 0 Å². The number of aliphatic carboxylic acids is 1. The molecule has 0 heterocycles. The lowest BCUT2D eigenvalue weighted by atomic mass is 10.1. The first-order valence-electron chi connectivity index (χ1n) is 3.56. The van der Waals surface area contributed by atoms with E-state index in [0.717, 1.165) is 7.11 Å². The fraction of sp³-hybridized carbons (Fsp3) is 0.714. The molecule has 1 N–H and O–H groups in total. The van der Waals surface area contributed by atoms with Crippen LogP contribution in [0.4, 0.5) is 8.78 Å². The minimum atomic E-state index is -2.80. The number of carboxylic acid groups (broad SMARTS) is 1. The van der Waals surface area contributed by atoms with Crippen LogP contribution < -0.4 is 0 Å². The summed E-state index contributed by atoms with van der Waals surface area (Å²) < 4.78 is 28.4. The highest BCUT2D eigenvalue weighted by molar-refractivity contribution is 6.03. The molecule has 2 atom stereocenters. The Morgan fingerprint density at radius 1 is 1.62 bits per heavy atom. The zero-order valence-corrected chi connectivity index (χ0v) is 6.79. The molecule has 0 aromatic carbocycles. The van der Waals surface area contributed by atoms with Crippen LogP contribution in [-0.4, -0.2) is 30.6 Å². The van der Waals surface area contributed by atoms with Gasteiger partial charge in [0.15, 0.2) is 5.41 Å². The number of methoxy groups -OCH3 is 1. The van der Waals surface area contributed by atoms with Gasteiger partial charge >= 0.3 is 11.9 Å². The summed E-state index contributed by atoms with van der Waals surface area (Å²) in [6.07, 6.45) is -3.14. The van der Waals surface area contributed by atoms with E-state index >= 15 is 0 Å². The average molecular weight is 194 g/mol. The molecule has 0 aromatic heterocycles. The van der Waals surface area contributed by atoms with Crippen molar-refractivity contribution >= 4 is 11.9 Å². The molecule has 1 aliphatic carbocycles. The zero-order chi connectivity index (χ0) is 10.2. The van der Waals surface area contributed by atoms with Gasteiger partial charge in [-0.2, -0.15) is 0 Å². The van der Waals surface area contributed by atoms with Gasteiger partial charge in [-0.15, -0.1) is 0 Å². The summed E-state index contributed by atoms with van der Waals surface area (Å²) in [6.45, 7) is 0. The summed E-state index contributed by atoms with van der Waals surface area (Å²) in [4.78, 5) is 21.5. The van der Waals surface area contributed by atoms with Gasteiger partial charge in [-0.25, -0.2) is 8.78 Å². The number of halogens is 2. The molecule has 0 aromatic rings. The van der Waals surface area contributed by atoms with Gasteiger partial charge < -0.3 is 9.84 Å². The quantitative estimate of drug-likeness (QED) is 0.525. The third kappa shape index (κ3) is 1.26. The van der Waals surface area contributed by atoms with Crippen LogP contribution >= 0.6 is 0 Å². The summed E-state index contributed by atoms with van der Waals surface area (Å²) >= 11 is 0. The first-order valence-corrected chi connectivity index (χ1v) is 3.56. The van der Waals surface area contributed by atoms with Crippen molar-refractivity contribution in [2.45, 2.75) is 12.8 Å². The Balaban J connectivity index is 2.84. The van der Waals surface area contributed by atoms with Gasteiger partial charge in [0.25, 0.3) is 0 Å². The van der Waals surface area contributed by atoms with E-state index in [2.05, 4.69) is 4.74 Å².